The molecular formula is C30H31N5O4S. The normalized spacial score (nSPS) is 15.0. The minimum Gasteiger partial charge on any atom is -0.493 e. The molecule has 10 heteroatoms. The zero-order chi connectivity index (χ0) is 27.5. The molecule has 0 saturated heterocycles. The van der Waals surface area contributed by atoms with Crippen LogP contribution in [0.5, 0.6) is 11.5 Å². The molecule has 0 radical (unpaired) electrons. The lowest BCUT2D eigenvalue weighted by Gasteiger charge is -2.22. The van der Waals surface area contributed by atoms with Crippen LogP contribution >= 0.6 is 11.3 Å². The molecule has 1 aliphatic rings. The van der Waals surface area contributed by atoms with Gasteiger partial charge in [-0.2, -0.15) is 0 Å². The third-order valence-electron chi connectivity index (χ3n) is 7.20. The van der Waals surface area contributed by atoms with E-state index in [4.69, 9.17) is 9.47 Å². The van der Waals surface area contributed by atoms with Crippen molar-refractivity contribution < 1.29 is 19.1 Å². The fourth-order valence-corrected chi connectivity index (χ4v) is 5.97. The van der Waals surface area contributed by atoms with Crippen LogP contribution < -0.4 is 14.8 Å². The lowest BCUT2D eigenvalue weighted by molar-refractivity contribution is -0.135. The first-order chi connectivity index (χ1) is 19.6. The van der Waals surface area contributed by atoms with Crippen molar-refractivity contribution in [3.8, 4) is 11.5 Å². The molecule has 2 aromatic carbocycles. The predicted molar refractivity (Wildman–Crippen MR) is 154 cm³/mol. The second-order valence-electron chi connectivity index (χ2n) is 9.91. The second-order valence-corrected chi connectivity index (χ2v) is 10.8. The number of thiazole rings is 1. The molecule has 3 aromatic heterocycles. The van der Waals surface area contributed by atoms with E-state index in [0.29, 0.717) is 56.2 Å². The number of aromatic amines is 1. The molecular weight excluding hydrogens is 526 g/mol. The van der Waals surface area contributed by atoms with Gasteiger partial charge in [0.15, 0.2) is 16.5 Å². The van der Waals surface area contributed by atoms with Gasteiger partial charge in [0.25, 0.3) is 0 Å². The Hall–Kier alpha value is -4.31. The minimum atomic E-state index is -0.180. The number of fused-ring (bicyclic) bond motifs is 6. The first-order valence-corrected chi connectivity index (χ1v) is 14.3. The quantitative estimate of drug-likeness (QED) is 0.350. The summed E-state index contributed by atoms with van der Waals surface area (Å²) in [5, 5.41) is 6.13. The summed E-state index contributed by atoms with van der Waals surface area (Å²) in [6.07, 6.45) is 5.85. The molecule has 2 N–H and O–H groups in total. The molecule has 4 heterocycles. The van der Waals surface area contributed by atoms with Gasteiger partial charge in [0.05, 0.1) is 32.4 Å². The standard InChI is InChI=1S/C30H31N5O4S/c1-38-26-8-7-20-15-25-23(22-5-2-3-6-24(22)33-25)9-10-31-28(36)19-34(11-4-13-39-27(26)16-20)29(37)17-21-18-35-12-14-40-30(35)32-21/h2-3,5-8,12,14,16,18,33H,4,9-11,13,15,17,19H2,1H3,(H,31,36). The first-order valence-electron chi connectivity index (χ1n) is 13.4. The van der Waals surface area contributed by atoms with E-state index in [0.717, 1.165) is 27.1 Å². The molecule has 5 aromatic rings. The molecule has 0 spiro atoms. The Morgan fingerprint density at radius 1 is 1.23 bits per heavy atom. The van der Waals surface area contributed by atoms with Gasteiger partial charge in [0.2, 0.25) is 11.8 Å². The van der Waals surface area contributed by atoms with Gasteiger partial charge in [-0.25, -0.2) is 4.98 Å². The topological polar surface area (TPSA) is 101 Å². The molecule has 9 nitrogen and oxygen atoms in total. The average Bonchev–Trinajstić information content (AvgIpc) is 3.64. The van der Waals surface area contributed by atoms with Crippen LogP contribution in [-0.2, 0) is 28.9 Å². The Morgan fingerprint density at radius 2 is 2.12 bits per heavy atom. The van der Waals surface area contributed by atoms with E-state index in [1.54, 1.807) is 12.0 Å². The summed E-state index contributed by atoms with van der Waals surface area (Å²) >= 11 is 1.52. The molecule has 1 aliphatic heterocycles. The highest BCUT2D eigenvalue weighted by molar-refractivity contribution is 7.15. The number of methoxy groups -OCH3 is 1. The number of carbonyl (C=O) groups excluding carboxylic acids is 2. The second kappa shape index (κ2) is 11.4. The average molecular weight is 558 g/mol. The van der Waals surface area contributed by atoms with Crippen molar-refractivity contribution in [1.29, 1.82) is 0 Å². The van der Waals surface area contributed by atoms with Crippen molar-refractivity contribution >= 4 is 39.0 Å². The van der Waals surface area contributed by atoms with Crippen LogP contribution in [0.4, 0.5) is 0 Å². The molecule has 40 heavy (non-hydrogen) atoms. The fourth-order valence-electron chi connectivity index (χ4n) is 5.25. The van der Waals surface area contributed by atoms with Crippen molar-refractivity contribution in [1.82, 2.24) is 24.6 Å². The number of nitrogens with zero attached hydrogens (tertiary/aromatic N) is 3. The van der Waals surface area contributed by atoms with Gasteiger partial charge in [-0.15, -0.1) is 11.3 Å². The van der Waals surface area contributed by atoms with Gasteiger partial charge in [-0.05, 0) is 42.2 Å². The largest absolute Gasteiger partial charge is 0.493 e. The first kappa shape index (κ1) is 25.9. The summed E-state index contributed by atoms with van der Waals surface area (Å²) in [7, 11) is 1.63. The molecule has 2 bridgehead atoms. The van der Waals surface area contributed by atoms with Crippen LogP contribution in [0, 0.1) is 0 Å². The summed E-state index contributed by atoms with van der Waals surface area (Å²) in [5.74, 6) is 1.01. The highest BCUT2D eigenvalue weighted by Gasteiger charge is 2.20. The number of hydrogen-bond acceptors (Lipinski definition) is 6. The van der Waals surface area contributed by atoms with Gasteiger partial charge in [0, 0.05) is 53.9 Å². The molecule has 0 aliphatic carbocycles. The number of nitrogens with one attached hydrogen (secondary N) is 2. The Morgan fingerprint density at radius 3 is 3.00 bits per heavy atom. The van der Waals surface area contributed by atoms with Crippen molar-refractivity contribution in [3.63, 3.8) is 0 Å². The maximum atomic E-state index is 13.3. The summed E-state index contributed by atoms with van der Waals surface area (Å²) in [6.45, 7) is 1.23. The Labute approximate surface area is 235 Å². The minimum absolute atomic E-state index is 0.0133. The molecule has 0 atom stereocenters. The predicted octanol–water partition coefficient (Wildman–Crippen LogP) is 3.99. The number of hydrogen-bond donors (Lipinski definition) is 2. The maximum absolute atomic E-state index is 13.3. The van der Waals surface area contributed by atoms with Crippen molar-refractivity contribution in [3.05, 3.63) is 82.8 Å². The van der Waals surface area contributed by atoms with Crippen LogP contribution in [0.3, 0.4) is 0 Å². The molecule has 206 valence electrons. The highest BCUT2D eigenvalue weighted by Crippen LogP contribution is 2.31. The number of H-pyrrole nitrogens is 1. The number of para-hydroxylation sites is 1. The van der Waals surface area contributed by atoms with E-state index in [1.165, 1.54) is 16.9 Å². The smallest absolute Gasteiger partial charge is 0.239 e. The number of carbonyl (C=O) groups is 2. The van der Waals surface area contributed by atoms with Crippen LogP contribution in [-0.4, -0.2) is 64.4 Å². The SMILES string of the molecule is COc1ccc2cc1OCCCN(C(=O)Cc1cn3ccsc3n1)CC(=O)NCCc1c([nH]c3ccccc13)C2. The van der Waals surface area contributed by atoms with Crippen molar-refractivity contribution in [2.45, 2.75) is 25.7 Å². The molecule has 6 rings (SSSR count). The van der Waals surface area contributed by atoms with Crippen LogP contribution in [0.15, 0.2) is 60.2 Å². The number of amides is 2. The van der Waals surface area contributed by atoms with E-state index in [9.17, 15) is 9.59 Å². The zero-order valence-electron chi connectivity index (χ0n) is 22.3. The van der Waals surface area contributed by atoms with Gasteiger partial charge in [0.1, 0.15) is 0 Å². The number of ether oxygens (including phenoxy) is 2. The summed E-state index contributed by atoms with van der Waals surface area (Å²) in [5.41, 5.74) is 5.13. The molecule has 0 saturated carbocycles. The summed E-state index contributed by atoms with van der Waals surface area (Å²) in [6, 6.07) is 14.2. The zero-order valence-corrected chi connectivity index (χ0v) is 23.1. The highest BCUT2D eigenvalue weighted by atomic mass is 32.1. The Bertz CT molecular complexity index is 1640. The molecule has 0 fully saturated rings. The van der Waals surface area contributed by atoms with Gasteiger partial charge < -0.3 is 24.7 Å². The molecule has 2 amide bonds. The number of benzene rings is 2. The molecule has 0 unspecified atom stereocenters. The number of rotatable bonds is 3. The third-order valence-corrected chi connectivity index (χ3v) is 7.97. The summed E-state index contributed by atoms with van der Waals surface area (Å²) in [4.78, 5) is 36.9. The van der Waals surface area contributed by atoms with E-state index in [2.05, 4.69) is 27.4 Å². The third kappa shape index (κ3) is 5.53. The van der Waals surface area contributed by atoms with E-state index >= 15 is 0 Å². The van der Waals surface area contributed by atoms with Crippen molar-refractivity contribution in [2.75, 3.05) is 33.4 Å². The van der Waals surface area contributed by atoms with E-state index in [-0.39, 0.29) is 24.8 Å². The Balaban J connectivity index is 1.25. The fraction of sp³-hybridized carbons (Fsp3) is 0.300. The Kier molecular flexibility index (Phi) is 7.41. The maximum Gasteiger partial charge on any atom is 0.239 e. The van der Waals surface area contributed by atoms with Crippen LogP contribution in [0.1, 0.15) is 28.9 Å². The van der Waals surface area contributed by atoms with Crippen LogP contribution in [0.2, 0.25) is 0 Å². The van der Waals surface area contributed by atoms with E-state index < -0.39 is 0 Å². The monoisotopic (exact) mass is 557 g/mol. The van der Waals surface area contributed by atoms with Crippen molar-refractivity contribution in [2.24, 2.45) is 0 Å². The van der Waals surface area contributed by atoms with E-state index in [1.807, 2.05) is 52.5 Å². The number of aromatic nitrogens is 3. The van der Waals surface area contributed by atoms with Gasteiger partial charge in [-0.1, -0.05) is 24.3 Å². The summed E-state index contributed by atoms with van der Waals surface area (Å²) < 4.78 is 13.6. The van der Waals surface area contributed by atoms with Gasteiger partial charge >= 0.3 is 0 Å². The van der Waals surface area contributed by atoms with Gasteiger partial charge in [-0.3, -0.25) is 14.0 Å². The lowest BCUT2D eigenvalue weighted by Crippen LogP contribution is -2.42. The lowest BCUT2D eigenvalue weighted by atomic mass is 10.0. The number of imidazole rings is 1. The van der Waals surface area contributed by atoms with Crippen LogP contribution in [0.25, 0.3) is 15.9 Å².